The van der Waals surface area contributed by atoms with Gasteiger partial charge in [-0.2, -0.15) is 0 Å². The summed E-state index contributed by atoms with van der Waals surface area (Å²) in [6, 6.07) is 0. The first kappa shape index (κ1) is 20.1. The zero-order chi connectivity index (χ0) is 17.8. The van der Waals surface area contributed by atoms with E-state index in [1.165, 1.54) is 0 Å². The molecule has 0 unspecified atom stereocenters. The van der Waals surface area contributed by atoms with E-state index in [1.54, 1.807) is 12.2 Å². The van der Waals surface area contributed by atoms with E-state index in [-0.39, 0.29) is 24.5 Å². The van der Waals surface area contributed by atoms with Gasteiger partial charge in [0.15, 0.2) is 5.78 Å². The number of halogens is 1. The molecule has 0 fully saturated rings. The summed E-state index contributed by atoms with van der Waals surface area (Å²) in [6.45, 7) is 2.01. The van der Waals surface area contributed by atoms with Gasteiger partial charge < -0.3 is 5.11 Å². The van der Waals surface area contributed by atoms with Gasteiger partial charge in [0.1, 0.15) is 6.17 Å². The van der Waals surface area contributed by atoms with E-state index in [2.05, 4.69) is 0 Å². The smallest absolute Gasteiger partial charge is 0.303 e. The van der Waals surface area contributed by atoms with E-state index < -0.39 is 12.1 Å². The Morgan fingerprint density at radius 2 is 2.08 bits per heavy atom. The predicted octanol–water partition coefficient (Wildman–Crippen LogP) is 4.95. The molecule has 0 aromatic carbocycles. The maximum absolute atomic E-state index is 13.8. The maximum atomic E-state index is 13.8. The quantitative estimate of drug-likeness (QED) is 0.330. The van der Waals surface area contributed by atoms with Gasteiger partial charge >= 0.3 is 5.97 Å². The van der Waals surface area contributed by atoms with E-state index in [1.807, 2.05) is 37.3 Å². The topological polar surface area (TPSA) is 54.4 Å². The van der Waals surface area contributed by atoms with Crippen molar-refractivity contribution in [2.45, 2.75) is 58.0 Å². The van der Waals surface area contributed by atoms with Crippen LogP contribution in [0, 0.1) is 5.92 Å². The molecule has 0 spiro atoms. The van der Waals surface area contributed by atoms with Gasteiger partial charge in [-0.25, -0.2) is 4.39 Å². The molecule has 1 aliphatic carbocycles. The molecule has 1 aliphatic rings. The fourth-order valence-corrected chi connectivity index (χ4v) is 2.54. The normalized spacial score (nSPS) is 20.7. The van der Waals surface area contributed by atoms with Gasteiger partial charge in [0.25, 0.3) is 0 Å². The fraction of sp³-hybridized carbons (Fsp3) is 0.500. The second kappa shape index (κ2) is 11.5. The summed E-state index contributed by atoms with van der Waals surface area (Å²) < 4.78 is 13.8. The molecule has 0 saturated carbocycles. The lowest BCUT2D eigenvalue weighted by atomic mass is 9.96. The molecule has 0 amide bonds. The summed E-state index contributed by atoms with van der Waals surface area (Å²) in [5.74, 6) is -0.810. The van der Waals surface area contributed by atoms with Crippen molar-refractivity contribution in [1.82, 2.24) is 0 Å². The van der Waals surface area contributed by atoms with Crippen LogP contribution >= 0.6 is 0 Å². The lowest BCUT2D eigenvalue weighted by Gasteiger charge is -2.09. The largest absolute Gasteiger partial charge is 0.481 e. The third-order valence-corrected chi connectivity index (χ3v) is 3.87. The van der Waals surface area contributed by atoms with Gasteiger partial charge in [0.05, 0.1) is 0 Å². The minimum atomic E-state index is -0.957. The first-order valence-electron chi connectivity index (χ1n) is 8.63. The average molecular weight is 334 g/mol. The van der Waals surface area contributed by atoms with Gasteiger partial charge in [-0.3, -0.25) is 9.59 Å². The van der Waals surface area contributed by atoms with Crippen LogP contribution in [0.15, 0.2) is 48.1 Å². The number of allylic oxidation sites excluding steroid dienone is 8. The van der Waals surface area contributed by atoms with Gasteiger partial charge in [0, 0.05) is 17.9 Å². The highest BCUT2D eigenvalue weighted by Gasteiger charge is 2.21. The molecule has 132 valence electrons. The average Bonchev–Trinajstić information content (AvgIpc) is 2.89. The second-order valence-electron chi connectivity index (χ2n) is 5.93. The van der Waals surface area contributed by atoms with Crippen LogP contribution in [0.3, 0.4) is 0 Å². The number of carboxylic acid groups (broad SMARTS) is 1. The van der Waals surface area contributed by atoms with E-state index in [4.69, 9.17) is 5.11 Å². The highest BCUT2D eigenvalue weighted by atomic mass is 19.1. The standard InChI is InChI=1S/C20H27FO3/c1-2-3-6-10-17(21)13-14-18-16(12-15-19(18)22)9-7-4-5-8-11-20(23)24/h3-4,6-7,12,14-17H,2,5,8-11,13H2,1H3,(H,23,24)/b6-3-,7-4-,18-14+/t16-,17-/m0/s1. The molecule has 0 heterocycles. The van der Waals surface area contributed by atoms with Crippen LogP contribution in [0.25, 0.3) is 0 Å². The fourth-order valence-electron chi connectivity index (χ4n) is 2.54. The van der Waals surface area contributed by atoms with Crippen LogP contribution in [0.5, 0.6) is 0 Å². The monoisotopic (exact) mass is 334 g/mol. The number of carboxylic acids is 1. The van der Waals surface area contributed by atoms with Crippen molar-refractivity contribution in [1.29, 1.82) is 0 Å². The number of rotatable bonds is 11. The zero-order valence-corrected chi connectivity index (χ0v) is 14.3. The summed E-state index contributed by atoms with van der Waals surface area (Å²) in [4.78, 5) is 22.3. The maximum Gasteiger partial charge on any atom is 0.303 e. The van der Waals surface area contributed by atoms with E-state index >= 15 is 0 Å². The van der Waals surface area contributed by atoms with Crippen molar-refractivity contribution >= 4 is 11.8 Å². The van der Waals surface area contributed by atoms with E-state index in [9.17, 15) is 14.0 Å². The molecule has 0 radical (unpaired) electrons. The molecule has 24 heavy (non-hydrogen) atoms. The number of hydrogen-bond donors (Lipinski definition) is 1. The number of unbranched alkanes of at least 4 members (excludes halogenated alkanes) is 1. The van der Waals surface area contributed by atoms with Gasteiger partial charge in [-0.05, 0) is 44.6 Å². The van der Waals surface area contributed by atoms with Crippen LogP contribution in [0.1, 0.15) is 51.9 Å². The van der Waals surface area contributed by atoms with Crippen molar-refractivity contribution in [2.24, 2.45) is 5.92 Å². The number of carbonyl (C=O) groups is 2. The van der Waals surface area contributed by atoms with Gasteiger partial charge in [-0.1, -0.05) is 43.4 Å². The van der Waals surface area contributed by atoms with Gasteiger partial charge in [0.2, 0.25) is 0 Å². The Morgan fingerprint density at radius 3 is 2.79 bits per heavy atom. The van der Waals surface area contributed by atoms with Crippen LogP contribution in [0.4, 0.5) is 4.39 Å². The van der Waals surface area contributed by atoms with Crippen LogP contribution in [-0.2, 0) is 9.59 Å². The number of ketones is 1. The van der Waals surface area contributed by atoms with Crippen molar-refractivity contribution < 1.29 is 19.1 Å². The Bertz CT molecular complexity index is 529. The molecule has 0 aromatic heterocycles. The lowest BCUT2D eigenvalue weighted by molar-refractivity contribution is -0.137. The van der Waals surface area contributed by atoms with Crippen molar-refractivity contribution in [3.8, 4) is 0 Å². The zero-order valence-electron chi connectivity index (χ0n) is 14.3. The highest BCUT2D eigenvalue weighted by Crippen LogP contribution is 2.26. The highest BCUT2D eigenvalue weighted by molar-refractivity contribution is 6.07. The van der Waals surface area contributed by atoms with Crippen LogP contribution in [-0.4, -0.2) is 23.0 Å². The van der Waals surface area contributed by atoms with Crippen LogP contribution < -0.4 is 0 Å². The molecule has 0 aromatic rings. The minimum Gasteiger partial charge on any atom is -0.481 e. The second-order valence-corrected chi connectivity index (χ2v) is 5.93. The number of aliphatic carboxylic acids is 1. The Labute approximate surface area is 143 Å². The molecular weight excluding hydrogens is 307 g/mol. The summed E-state index contributed by atoms with van der Waals surface area (Å²) >= 11 is 0. The summed E-state index contributed by atoms with van der Waals surface area (Å²) in [7, 11) is 0. The first-order chi connectivity index (χ1) is 11.5. The molecule has 2 atom stereocenters. The lowest BCUT2D eigenvalue weighted by Crippen LogP contribution is -2.04. The molecule has 4 heteroatoms. The molecular formula is C20H27FO3. The summed E-state index contributed by atoms with van der Waals surface area (Å²) in [6.07, 6.45) is 15.6. The molecule has 1 rings (SSSR count). The van der Waals surface area contributed by atoms with Gasteiger partial charge in [-0.15, -0.1) is 0 Å². The van der Waals surface area contributed by atoms with Crippen molar-refractivity contribution in [3.63, 3.8) is 0 Å². The molecule has 0 aliphatic heterocycles. The van der Waals surface area contributed by atoms with Crippen molar-refractivity contribution in [2.75, 3.05) is 0 Å². The number of carbonyl (C=O) groups excluding carboxylic acids is 1. The number of hydrogen-bond acceptors (Lipinski definition) is 2. The third kappa shape index (κ3) is 8.04. The Balaban J connectivity index is 2.43. The van der Waals surface area contributed by atoms with E-state index in [0.29, 0.717) is 31.3 Å². The predicted molar refractivity (Wildman–Crippen MR) is 94.5 cm³/mol. The summed E-state index contributed by atoms with van der Waals surface area (Å²) in [5.41, 5.74) is 0.673. The SMILES string of the molecule is CC/C=C\C[C@H](F)C/C=C1/C(=O)C=C[C@@H]1C/C=C\CCCC(=O)O. The Kier molecular flexibility index (Phi) is 9.66. The van der Waals surface area contributed by atoms with Crippen LogP contribution in [0.2, 0.25) is 0 Å². The molecule has 3 nitrogen and oxygen atoms in total. The Morgan fingerprint density at radius 1 is 1.29 bits per heavy atom. The molecule has 0 bridgehead atoms. The minimum absolute atomic E-state index is 0.00612. The summed E-state index contributed by atoms with van der Waals surface area (Å²) in [5, 5.41) is 8.57. The third-order valence-electron chi connectivity index (χ3n) is 3.87. The molecule has 0 saturated heterocycles. The molecule has 1 N–H and O–H groups in total. The van der Waals surface area contributed by atoms with Crippen molar-refractivity contribution in [3.05, 3.63) is 48.1 Å². The first-order valence-corrected chi connectivity index (χ1v) is 8.63. The Hall–Kier alpha value is -1.97. The van der Waals surface area contributed by atoms with E-state index in [0.717, 1.165) is 6.42 Å². The number of alkyl halides is 1.